The molecule has 2 aromatic rings. The molecule has 0 aromatic carbocycles. The summed E-state index contributed by atoms with van der Waals surface area (Å²) in [5.74, 6) is 0.125. The lowest BCUT2D eigenvalue weighted by Crippen LogP contribution is -2.51. The topological polar surface area (TPSA) is 260 Å². The van der Waals surface area contributed by atoms with E-state index >= 15 is 0 Å². The maximum absolute atomic E-state index is 13.6. The van der Waals surface area contributed by atoms with Crippen LogP contribution in [0.3, 0.4) is 0 Å². The Morgan fingerprint density at radius 2 is 0.845 bits per heavy atom. The van der Waals surface area contributed by atoms with Crippen LogP contribution in [-0.2, 0) is 23.9 Å². The molecule has 16 nitrogen and oxygen atoms in total. The monoisotopic (exact) mass is 1230 g/mol. The highest BCUT2D eigenvalue weighted by atomic mass is 35.5. The maximum atomic E-state index is 13.6. The van der Waals surface area contributed by atoms with Crippen LogP contribution in [0.4, 0.5) is 32.6 Å². The number of amides is 5. The van der Waals surface area contributed by atoms with E-state index in [1.807, 2.05) is 29.6 Å². The van der Waals surface area contributed by atoms with E-state index in [9.17, 15) is 45.9 Å². The molecule has 0 saturated heterocycles. The van der Waals surface area contributed by atoms with E-state index in [2.05, 4.69) is 67.0 Å². The number of nitrogens with one attached hydrogen (secondary N) is 3. The fourth-order valence-electron chi connectivity index (χ4n) is 14.0. The number of ether oxygens (including phenoxy) is 1. The number of hydrogen-bond donors (Lipinski definition) is 6. The van der Waals surface area contributed by atoms with Crippen molar-refractivity contribution in [3.05, 3.63) is 113 Å². The zero-order valence-corrected chi connectivity index (χ0v) is 49.2. The third-order valence-corrected chi connectivity index (χ3v) is 18.4. The van der Waals surface area contributed by atoms with E-state index in [1.165, 1.54) is 57.8 Å². The maximum Gasteiger partial charge on any atom is 0.471 e. The quantitative estimate of drug-likeness (QED) is 0.0657. The molecular formula is C60H74Cl3F5N10O6. The summed E-state index contributed by atoms with van der Waals surface area (Å²) in [5.41, 5.74) is 15.5. The van der Waals surface area contributed by atoms with Gasteiger partial charge in [-0.1, -0.05) is 84.5 Å². The Morgan fingerprint density at radius 3 is 1.17 bits per heavy atom. The Hall–Kier alpha value is -5.93. The van der Waals surface area contributed by atoms with Crippen LogP contribution < -0.4 is 33.2 Å². The fraction of sp³-hybridized carbons (Fsp3) is 0.583. The molecule has 6 fully saturated rings. The average Bonchev–Trinajstić information content (AvgIpc) is 3.89. The minimum absolute atomic E-state index is 0.0113. The van der Waals surface area contributed by atoms with Gasteiger partial charge >= 0.3 is 18.2 Å². The number of nitrogens with two attached hydrogens (primary N) is 3. The van der Waals surface area contributed by atoms with Gasteiger partial charge in [0.2, 0.25) is 28.3 Å². The number of carbonyl (C=O) groups excluding carboxylic acids is 5. The van der Waals surface area contributed by atoms with Gasteiger partial charge in [0.25, 0.3) is 0 Å². The highest BCUT2D eigenvalue weighted by Crippen LogP contribution is 2.47. The second-order valence-electron chi connectivity index (χ2n) is 24.7. The van der Waals surface area contributed by atoms with Crippen molar-refractivity contribution in [2.24, 2.45) is 106 Å². The molecule has 0 spiro atoms. The number of alkyl halides is 3. The lowest BCUT2D eigenvalue weighted by molar-refractivity contribution is -0.175. The highest BCUT2D eigenvalue weighted by Gasteiger charge is 2.52. The Balaban J connectivity index is 0.000000133. The highest BCUT2D eigenvalue weighted by molar-refractivity contribution is 6.31. The molecule has 12 bridgehead atoms. The summed E-state index contributed by atoms with van der Waals surface area (Å²) in [6.07, 6.45) is 38.0. The largest absolute Gasteiger partial charge is 0.471 e. The Morgan fingerprint density at radius 1 is 0.500 bits per heavy atom. The number of allylic oxidation sites excluding steroid dienone is 9. The first-order valence-corrected chi connectivity index (χ1v) is 30.0. The standard InChI is InChI=1S/C13H20N2O3.C12H12ClFN4O.C10H11F3N2O2.3C7H10.C4HCl2FN2/c1-13(2,3)18-12(17)15-10-8-5-4-7(6-8)9(10)11(14)16;13-12-16-4-7(14)11(18-12)17-9-6-2-1-5(3-6)8(9)10(15)19;11-10(12,13)9(17)15-7-5-2-1-4(3-5)6(7)8(14)16;3*1-2-7-4-3-6(1)5-7;5-3-2(7)1-8-4(6)9-3/h4-5,7-10H,6H2,1-3H3,(H2,14,16)(H,15,17);1-2,4-6,8-9H,3H2,(H2,15,19)(H,16,17,18);1-2,4-7H,3H2,(H2,14,16)(H,15,17);3*1-2,6-7H,3-5H2;1H/t7-,8+,9?,10?;5-,6+,8?,9?;4-,5+,6?,7?;3*6-,7+;/m111..../s1. The van der Waals surface area contributed by atoms with Crippen LogP contribution in [0.25, 0.3) is 0 Å². The van der Waals surface area contributed by atoms with Crippen LogP contribution in [0, 0.1) is 100 Å². The Bertz CT molecular complexity index is 2820. The summed E-state index contributed by atoms with van der Waals surface area (Å²) in [6.45, 7) is 5.41. The SMILES string of the molecule is C1=C[C@H]2CC[C@@H]1C2.C1=C[C@H]2CC[C@@H]1C2.C1=C[C@H]2CC[C@@H]1C2.CC(C)(C)OC(=O)NC1C(C(N)=O)[C@@H]2C=C[C@H]1C2.Fc1cnc(Cl)nc1Cl.NC(=O)C1C(NC(=O)C(F)(F)F)[C@H]2C=C[C@@H]1C2.NC(=O)C1C(Nc2nc(Cl)ncc2F)[C@H]2C=C[C@@H]1C2. The zero-order chi connectivity index (χ0) is 60.8. The number of alkyl carbamates (subject to hydrolysis) is 1. The fourth-order valence-corrected chi connectivity index (χ4v) is 14.4. The van der Waals surface area contributed by atoms with Gasteiger partial charge in [-0.15, -0.1) is 0 Å². The molecule has 2 aromatic heterocycles. The van der Waals surface area contributed by atoms with Crippen LogP contribution in [-0.4, -0.2) is 79.6 Å². The Kier molecular flexibility index (Phi) is 21.1. The number of primary amides is 3. The minimum atomic E-state index is -4.94. The molecule has 24 heteroatoms. The number of nitrogens with zero attached hydrogens (tertiary/aromatic N) is 4. The number of halogens is 8. The first-order chi connectivity index (χ1) is 39.7. The second kappa shape index (κ2) is 27.6. The predicted octanol–water partition coefficient (Wildman–Crippen LogP) is 10.7. The summed E-state index contributed by atoms with van der Waals surface area (Å²) in [5, 5.41) is 7.25. The van der Waals surface area contributed by atoms with Gasteiger partial charge in [0.05, 0.1) is 36.2 Å². The van der Waals surface area contributed by atoms with Crippen molar-refractivity contribution in [3.8, 4) is 0 Å². The van der Waals surface area contributed by atoms with Gasteiger partial charge in [-0.05, 0) is 192 Å². The number of aromatic nitrogens is 4. The van der Waals surface area contributed by atoms with Crippen molar-refractivity contribution in [1.82, 2.24) is 30.6 Å². The first-order valence-electron chi connectivity index (χ1n) is 28.8. The van der Waals surface area contributed by atoms with Crippen molar-refractivity contribution in [2.75, 3.05) is 5.32 Å². The lowest BCUT2D eigenvalue weighted by atomic mass is 9.88. The van der Waals surface area contributed by atoms with Gasteiger partial charge in [0.15, 0.2) is 22.6 Å². The zero-order valence-electron chi connectivity index (χ0n) is 47.0. The van der Waals surface area contributed by atoms with Gasteiger partial charge in [0, 0.05) is 12.1 Å². The smallest absolute Gasteiger partial charge is 0.444 e. The van der Waals surface area contributed by atoms with Gasteiger partial charge in [-0.25, -0.2) is 28.5 Å². The first kappa shape index (κ1) is 64.1. The minimum Gasteiger partial charge on any atom is -0.444 e. The van der Waals surface area contributed by atoms with Crippen molar-refractivity contribution < 1.29 is 50.7 Å². The lowest BCUT2D eigenvalue weighted by Gasteiger charge is -2.28. The van der Waals surface area contributed by atoms with Gasteiger partial charge in [-0.3, -0.25) is 19.2 Å². The summed E-state index contributed by atoms with van der Waals surface area (Å²) in [6, 6.07) is -1.31. The van der Waals surface area contributed by atoms with E-state index in [4.69, 9.17) is 56.7 Å². The molecule has 456 valence electrons. The number of hydrogen-bond acceptors (Lipinski definition) is 11. The molecule has 18 atom stereocenters. The average molecular weight is 1230 g/mol. The predicted molar refractivity (Wildman–Crippen MR) is 308 cm³/mol. The van der Waals surface area contributed by atoms with E-state index in [0.717, 1.165) is 60.7 Å². The van der Waals surface area contributed by atoms with Crippen LogP contribution >= 0.6 is 34.8 Å². The van der Waals surface area contributed by atoms with Crippen LogP contribution in [0.1, 0.15) is 97.8 Å². The summed E-state index contributed by atoms with van der Waals surface area (Å²) in [4.78, 5) is 70.8. The van der Waals surface area contributed by atoms with Crippen LogP contribution in [0.5, 0.6) is 0 Å². The number of rotatable bonds is 7. The summed E-state index contributed by atoms with van der Waals surface area (Å²) >= 11 is 16.1. The van der Waals surface area contributed by atoms with E-state index in [-0.39, 0.29) is 92.8 Å². The van der Waals surface area contributed by atoms with Gasteiger partial charge < -0.3 is 37.9 Å². The molecule has 14 rings (SSSR count). The van der Waals surface area contributed by atoms with Crippen molar-refractivity contribution in [3.63, 3.8) is 0 Å². The molecular weight excluding hydrogens is 1160 g/mol. The normalized spacial score (nSPS) is 33.9. The Labute approximate surface area is 500 Å². The molecule has 84 heavy (non-hydrogen) atoms. The molecule has 0 aliphatic heterocycles. The molecule has 5 amide bonds. The van der Waals surface area contributed by atoms with Crippen molar-refractivity contribution in [1.29, 1.82) is 0 Å². The van der Waals surface area contributed by atoms with E-state index in [0.29, 0.717) is 6.42 Å². The number of anilines is 1. The molecule has 0 radical (unpaired) electrons. The molecule has 9 N–H and O–H groups in total. The molecule has 6 saturated carbocycles. The van der Waals surface area contributed by atoms with Gasteiger partial charge in [0.1, 0.15) is 5.60 Å². The van der Waals surface area contributed by atoms with Crippen LogP contribution in [0.15, 0.2) is 85.3 Å². The van der Waals surface area contributed by atoms with E-state index in [1.54, 1.807) is 32.9 Å². The third-order valence-electron chi connectivity index (χ3n) is 17.8. The van der Waals surface area contributed by atoms with Crippen molar-refractivity contribution in [2.45, 2.75) is 128 Å². The second-order valence-corrected chi connectivity index (χ2v) is 25.8. The van der Waals surface area contributed by atoms with Crippen LogP contribution in [0.2, 0.25) is 15.7 Å². The third kappa shape index (κ3) is 16.7. The molecule has 2 heterocycles. The van der Waals surface area contributed by atoms with E-state index < -0.39 is 53.3 Å². The molecule has 12 aliphatic rings. The molecule has 6 unspecified atom stereocenters. The summed E-state index contributed by atoms with van der Waals surface area (Å²) < 4.78 is 67.4. The van der Waals surface area contributed by atoms with Crippen molar-refractivity contribution >= 4 is 70.3 Å². The number of carbonyl (C=O) groups is 5. The summed E-state index contributed by atoms with van der Waals surface area (Å²) in [7, 11) is 0. The number of fused-ring (bicyclic) bond motifs is 12. The molecule has 12 aliphatic carbocycles. The van der Waals surface area contributed by atoms with Gasteiger partial charge in [-0.2, -0.15) is 18.2 Å².